The lowest BCUT2D eigenvalue weighted by atomic mass is 10.2. The molecule has 0 aliphatic heterocycles. The van der Waals surface area contributed by atoms with Gasteiger partial charge in [0.05, 0.1) is 11.3 Å². The van der Waals surface area contributed by atoms with Gasteiger partial charge in [-0.15, -0.1) is 0 Å². The fraction of sp³-hybridized carbons (Fsp3) is 0.231. The summed E-state index contributed by atoms with van der Waals surface area (Å²) in [5.41, 5.74) is 0.924. The van der Waals surface area contributed by atoms with Crippen LogP contribution in [0.25, 0.3) is 0 Å². The Kier molecular flexibility index (Phi) is 3.70. The molecule has 0 aliphatic carbocycles. The molecule has 6 nitrogen and oxygen atoms in total. The summed E-state index contributed by atoms with van der Waals surface area (Å²) in [5, 5.41) is 12.9. The third-order valence-electron chi connectivity index (χ3n) is 2.77. The van der Waals surface area contributed by atoms with Gasteiger partial charge in [0.25, 0.3) is 5.56 Å². The highest BCUT2D eigenvalue weighted by Crippen LogP contribution is 2.02. The van der Waals surface area contributed by atoms with Crippen molar-refractivity contribution in [1.82, 2.24) is 14.8 Å². The molecule has 6 heteroatoms. The van der Waals surface area contributed by atoms with E-state index in [0.29, 0.717) is 18.7 Å². The van der Waals surface area contributed by atoms with Crippen LogP contribution in [0.1, 0.15) is 21.6 Å². The van der Waals surface area contributed by atoms with E-state index >= 15 is 0 Å². The number of aryl methyl sites for hydroxylation is 3. The van der Waals surface area contributed by atoms with E-state index in [1.54, 1.807) is 19.3 Å². The lowest BCUT2D eigenvalue weighted by Crippen LogP contribution is -2.26. The molecule has 0 saturated heterocycles. The fourth-order valence-electron chi connectivity index (χ4n) is 1.75. The van der Waals surface area contributed by atoms with Crippen molar-refractivity contribution in [1.29, 1.82) is 0 Å². The molecule has 0 amide bonds. The van der Waals surface area contributed by atoms with Crippen LogP contribution in [0, 0.1) is 6.92 Å². The van der Waals surface area contributed by atoms with Gasteiger partial charge in [0.2, 0.25) is 0 Å². The van der Waals surface area contributed by atoms with Crippen molar-refractivity contribution in [3.63, 3.8) is 0 Å². The third-order valence-corrected chi connectivity index (χ3v) is 2.77. The third kappa shape index (κ3) is 3.04. The minimum absolute atomic E-state index is 0.0508. The lowest BCUT2D eigenvalue weighted by Gasteiger charge is -2.07. The molecule has 0 aliphatic rings. The van der Waals surface area contributed by atoms with Crippen molar-refractivity contribution in [2.24, 2.45) is 0 Å². The average molecular weight is 259 g/mol. The van der Waals surface area contributed by atoms with Crippen LogP contribution in [0.15, 0.2) is 35.4 Å². The largest absolute Gasteiger partial charge is 0.478 e. The molecule has 0 saturated carbocycles. The fourth-order valence-corrected chi connectivity index (χ4v) is 1.75. The zero-order chi connectivity index (χ0) is 13.8. The van der Waals surface area contributed by atoms with Gasteiger partial charge in [0.15, 0.2) is 0 Å². The van der Waals surface area contributed by atoms with Gasteiger partial charge in [-0.1, -0.05) is 0 Å². The molecule has 0 atom stereocenters. The number of nitrogens with zero attached hydrogens (tertiary/aromatic N) is 3. The summed E-state index contributed by atoms with van der Waals surface area (Å²) < 4.78 is 1.28. The molecule has 2 heterocycles. The summed E-state index contributed by atoms with van der Waals surface area (Å²) >= 11 is 0. The molecule has 0 bridgehead atoms. The van der Waals surface area contributed by atoms with Crippen LogP contribution in [0.5, 0.6) is 0 Å². The van der Waals surface area contributed by atoms with E-state index in [4.69, 9.17) is 5.11 Å². The van der Waals surface area contributed by atoms with Gasteiger partial charge in [-0.25, -0.2) is 9.48 Å². The van der Waals surface area contributed by atoms with Crippen LogP contribution < -0.4 is 5.56 Å². The molecule has 0 aromatic carbocycles. The topological polar surface area (TPSA) is 85.1 Å². The highest BCUT2D eigenvalue weighted by atomic mass is 16.4. The van der Waals surface area contributed by atoms with Crippen LogP contribution in [0.4, 0.5) is 0 Å². The first-order valence-corrected chi connectivity index (χ1v) is 5.79. The number of carboxylic acids is 1. The van der Waals surface area contributed by atoms with E-state index in [-0.39, 0.29) is 5.56 Å². The quantitative estimate of drug-likeness (QED) is 0.881. The van der Waals surface area contributed by atoms with Crippen molar-refractivity contribution in [2.75, 3.05) is 0 Å². The standard InChI is InChI=1S/C13H13N3O3/c1-9-11(13(18)19)8-12(17)16(15-9)7-4-10-2-5-14-6-3-10/h2-3,5-6,8H,4,7H2,1H3,(H,18,19). The van der Waals surface area contributed by atoms with Gasteiger partial charge in [0.1, 0.15) is 0 Å². The summed E-state index contributed by atoms with van der Waals surface area (Å²) in [7, 11) is 0. The molecule has 2 aromatic heterocycles. The molecule has 0 radical (unpaired) electrons. The molecule has 2 aromatic rings. The predicted octanol–water partition coefficient (Wildman–Crippen LogP) is 0.888. The molecule has 98 valence electrons. The van der Waals surface area contributed by atoms with E-state index in [1.165, 1.54) is 4.68 Å². The Bertz CT molecular complexity index is 650. The van der Waals surface area contributed by atoms with Crippen LogP contribution in [-0.2, 0) is 13.0 Å². The molecule has 0 fully saturated rings. The first-order valence-electron chi connectivity index (χ1n) is 5.79. The summed E-state index contributed by atoms with van der Waals surface area (Å²) in [5.74, 6) is -1.14. The second kappa shape index (κ2) is 5.43. The summed E-state index contributed by atoms with van der Waals surface area (Å²) in [6.07, 6.45) is 4.01. The molecular formula is C13H13N3O3. The predicted molar refractivity (Wildman–Crippen MR) is 68.1 cm³/mol. The lowest BCUT2D eigenvalue weighted by molar-refractivity contribution is 0.0695. The SMILES string of the molecule is Cc1nn(CCc2ccncc2)c(=O)cc1C(=O)O. The number of aromatic carboxylic acids is 1. The molecular weight excluding hydrogens is 246 g/mol. The van der Waals surface area contributed by atoms with Crippen molar-refractivity contribution in [3.05, 3.63) is 57.8 Å². The Morgan fingerprint density at radius 1 is 1.37 bits per heavy atom. The number of rotatable bonds is 4. The van der Waals surface area contributed by atoms with Crippen molar-refractivity contribution >= 4 is 5.97 Å². The molecule has 0 spiro atoms. The number of hydrogen-bond acceptors (Lipinski definition) is 4. The first kappa shape index (κ1) is 12.9. The Labute approximate surface area is 109 Å². The molecule has 1 N–H and O–H groups in total. The van der Waals surface area contributed by atoms with Crippen LogP contribution in [0.2, 0.25) is 0 Å². The summed E-state index contributed by atoms with van der Waals surface area (Å²) in [6, 6.07) is 4.84. The van der Waals surface area contributed by atoms with Crippen LogP contribution >= 0.6 is 0 Å². The molecule has 19 heavy (non-hydrogen) atoms. The maximum absolute atomic E-state index is 11.7. The Hall–Kier alpha value is -2.50. The minimum Gasteiger partial charge on any atom is -0.478 e. The van der Waals surface area contributed by atoms with Crippen LogP contribution in [-0.4, -0.2) is 25.8 Å². The highest BCUT2D eigenvalue weighted by molar-refractivity contribution is 5.88. The summed E-state index contributed by atoms with van der Waals surface area (Å²) in [4.78, 5) is 26.5. The van der Waals surface area contributed by atoms with Crippen molar-refractivity contribution in [2.45, 2.75) is 19.9 Å². The number of carboxylic acid groups (broad SMARTS) is 1. The maximum atomic E-state index is 11.7. The monoisotopic (exact) mass is 259 g/mol. The second-order valence-corrected chi connectivity index (χ2v) is 4.12. The van der Waals surface area contributed by atoms with Crippen molar-refractivity contribution < 1.29 is 9.90 Å². The van der Waals surface area contributed by atoms with E-state index < -0.39 is 11.5 Å². The average Bonchev–Trinajstić information content (AvgIpc) is 2.40. The van der Waals surface area contributed by atoms with Gasteiger partial charge < -0.3 is 5.11 Å². The van der Waals surface area contributed by atoms with E-state index in [2.05, 4.69) is 10.1 Å². The zero-order valence-corrected chi connectivity index (χ0v) is 10.4. The Morgan fingerprint density at radius 3 is 2.68 bits per heavy atom. The van der Waals surface area contributed by atoms with Gasteiger partial charge in [-0.05, 0) is 31.0 Å². The van der Waals surface area contributed by atoms with E-state index in [1.807, 2.05) is 12.1 Å². The van der Waals surface area contributed by atoms with Crippen molar-refractivity contribution in [3.8, 4) is 0 Å². The maximum Gasteiger partial charge on any atom is 0.337 e. The molecule has 0 unspecified atom stereocenters. The van der Waals surface area contributed by atoms with E-state index in [0.717, 1.165) is 11.6 Å². The Morgan fingerprint density at radius 2 is 2.05 bits per heavy atom. The highest BCUT2D eigenvalue weighted by Gasteiger charge is 2.11. The van der Waals surface area contributed by atoms with Gasteiger partial charge in [0, 0.05) is 25.0 Å². The minimum atomic E-state index is -1.14. The number of hydrogen-bond donors (Lipinski definition) is 1. The zero-order valence-electron chi connectivity index (χ0n) is 10.4. The molecule has 2 rings (SSSR count). The normalized spacial score (nSPS) is 10.4. The Balaban J connectivity index is 2.20. The second-order valence-electron chi connectivity index (χ2n) is 4.12. The van der Waals surface area contributed by atoms with Gasteiger partial charge in [-0.3, -0.25) is 9.78 Å². The number of pyridine rings is 1. The van der Waals surface area contributed by atoms with Gasteiger partial charge in [-0.2, -0.15) is 5.10 Å². The first-order chi connectivity index (χ1) is 9.08. The summed E-state index contributed by atoms with van der Waals surface area (Å²) in [6.45, 7) is 1.98. The van der Waals surface area contributed by atoms with Gasteiger partial charge >= 0.3 is 5.97 Å². The smallest absolute Gasteiger partial charge is 0.337 e. The van der Waals surface area contributed by atoms with E-state index in [9.17, 15) is 9.59 Å². The van der Waals surface area contributed by atoms with Crippen LogP contribution in [0.3, 0.4) is 0 Å². The number of aromatic nitrogens is 3. The number of carbonyl (C=O) groups is 1.